The van der Waals surface area contributed by atoms with Crippen LogP contribution in [0.5, 0.6) is 0 Å². The lowest BCUT2D eigenvalue weighted by Crippen LogP contribution is -2.40. The summed E-state index contributed by atoms with van der Waals surface area (Å²) < 4.78 is 13.5. The van der Waals surface area contributed by atoms with Crippen LogP contribution in [0.3, 0.4) is 0 Å². The van der Waals surface area contributed by atoms with Crippen LogP contribution < -0.4 is 0 Å². The summed E-state index contributed by atoms with van der Waals surface area (Å²) in [6.07, 6.45) is 2.67. The van der Waals surface area contributed by atoms with Gasteiger partial charge in [-0.1, -0.05) is 68.6 Å². The quantitative estimate of drug-likeness (QED) is 0.0510. The summed E-state index contributed by atoms with van der Waals surface area (Å²) in [6.45, 7) is 15.0. The van der Waals surface area contributed by atoms with E-state index in [1.54, 1.807) is 27.7 Å². The predicted octanol–water partition coefficient (Wildman–Crippen LogP) is 4.52. The number of aliphatic carboxylic acids is 1. The van der Waals surface area contributed by atoms with E-state index in [4.69, 9.17) is 39.7 Å². The number of carbonyl (C=O) groups excluding carboxylic acids is 4. The Morgan fingerprint density at radius 3 is 1.02 bits per heavy atom. The summed E-state index contributed by atoms with van der Waals surface area (Å²) in [6, 6.07) is 0. The highest BCUT2D eigenvalue weighted by atomic mass is 79.9. The van der Waals surface area contributed by atoms with Crippen molar-refractivity contribution < 1.29 is 68.8 Å². The highest BCUT2D eigenvalue weighted by Gasteiger charge is 2.38. The first-order chi connectivity index (χ1) is 22.7. The van der Waals surface area contributed by atoms with Gasteiger partial charge in [0.2, 0.25) is 4.69 Å². The second kappa shape index (κ2) is 30.7. The normalized spacial score (nSPS) is 12.3. The topological polar surface area (TPSA) is 234 Å². The average molecular weight is 988 g/mol. The Morgan fingerprint density at radius 1 is 0.540 bits per heavy atom. The minimum atomic E-state index is -1.39. The first kappa shape index (κ1) is 58.6. The third-order valence-electron chi connectivity index (χ3n) is 5.78. The Kier molecular flexibility index (Phi) is 36.0. The van der Waals surface area contributed by atoms with Crippen molar-refractivity contribution in [1.82, 2.24) is 0 Å². The molecule has 0 amide bonds. The fourth-order valence-electron chi connectivity index (χ4n) is 1.67. The van der Waals surface area contributed by atoms with Crippen molar-refractivity contribution in [3.63, 3.8) is 0 Å². The van der Waals surface area contributed by atoms with E-state index in [2.05, 4.69) is 70.6 Å². The monoisotopic (exact) mass is 984 g/mol. The number of halogens is 4. The number of carboxylic acids is 1. The van der Waals surface area contributed by atoms with Gasteiger partial charge in [-0.2, -0.15) is 0 Å². The van der Waals surface area contributed by atoms with Gasteiger partial charge in [-0.15, -0.1) is 0 Å². The SMILES string of the molecule is CC(C)(Br)C(=O)Br.CC(CO)(CO)C(=O)O.CCCBr.CCCOC(=O)C(C)(CO)CO.CCCOC(=O)C(C)(CO)COC(=O)C(C)(C)Br. The molecule has 1 atom stereocenters. The molecular weight excluding hydrogens is 928 g/mol. The van der Waals surface area contributed by atoms with E-state index < -0.39 is 81.8 Å². The highest BCUT2D eigenvalue weighted by Crippen LogP contribution is 2.23. The maximum absolute atomic E-state index is 11.7. The van der Waals surface area contributed by atoms with Crippen LogP contribution in [0.25, 0.3) is 0 Å². The lowest BCUT2D eigenvalue weighted by atomic mass is 9.93. The maximum Gasteiger partial charge on any atom is 0.322 e. The van der Waals surface area contributed by atoms with Crippen molar-refractivity contribution in [3.8, 4) is 0 Å². The number of alkyl halides is 3. The molecule has 18 heteroatoms. The fourth-order valence-corrected chi connectivity index (χ4v) is 1.78. The second-order valence-electron chi connectivity index (χ2n) is 12.5. The molecule has 300 valence electrons. The molecule has 0 heterocycles. The molecule has 0 spiro atoms. The highest BCUT2D eigenvalue weighted by molar-refractivity contribution is 9.20. The number of carboxylic acid groups (broad SMARTS) is 1. The van der Waals surface area contributed by atoms with Crippen molar-refractivity contribution in [1.29, 1.82) is 0 Å². The van der Waals surface area contributed by atoms with Gasteiger partial charge in [0.15, 0.2) is 0 Å². The predicted molar refractivity (Wildman–Crippen MR) is 205 cm³/mol. The van der Waals surface area contributed by atoms with Crippen molar-refractivity contribution in [3.05, 3.63) is 0 Å². The van der Waals surface area contributed by atoms with E-state index in [0.717, 1.165) is 11.8 Å². The van der Waals surface area contributed by atoms with Crippen molar-refractivity contribution in [2.75, 3.05) is 58.2 Å². The molecule has 0 aromatic carbocycles. The first-order valence-electron chi connectivity index (χ1n) is 15.6. The fraction of sp³-hybridized carbons (Fsp3) is 0.844. The molecule has 50 heavy (non-hydrogen) atoms. The average Bonchev–Trinajstić information content (AvgIpc) is 3.07. The lowest BCUT2D eigenvalue weighted by molar-refractivity contribution is -0.166. The zero-order valence-corrected chi connectivity index (χ0v) is 37.3. The summed E-state index contributed by atoms with van der Waals surface area (Å²) in [5.41, 5.74) is -3.77. The molecule has 0 aromatic heterocycles. The summed E-state index contributed by atoms with van der Waals surface area (Å²) in [5.74, 6) is -2.79. The van der Waals surface area contributed by atoms with Crippen LogP contribution in [0.15, 0.2) is 0 Å². The van der Waals surface area contributed by atoms with E-state index in [9.17, 15) is 29.1 Å². The second-order valence-corrected chi connectivity index (χ2v) is 18.0. The van der Waals surface area contributed by atoms with Crippen LogP contribution in [0.4, 0.5) is 0 Å². The number of ether oxygens (including phenoxy) is 3. The minimum Gasteiger partial charge on any atom is -0.481 e. The molecule has 0 rings (SSSR count). The number of rotatable bonds is 17. The Hall–Kier alpha value is -0.730. The molecule has 1 unspecified atom stereocenters. The molecule has 0 saturated heterocycles. The lowest BCUT2D eigenvalue weighted by Gasteiger charge is -2.26. The Morgan fingerprint density at radius 2 is 0.840 bits per heavy atom. The minimum absolute atomic E-state index is 0.0278. The number of esters is 3. The molecule has 0 aliphatic rings. The molecule has 0 radical (unpaired) electrons. The van der Waals surface area contributed by atoms with Gasteiger partial charge in [-0.3, -0.25) is 24.0 Å². The number of hydrogen-bond acceptors (Lipinski definition) is 13. The smallest absolute Gasteiger partial charge is 0.322 e. The van der Waals surface area contributed by atoms with Gasteiger partial charge in [0, 0.05) is 5.33 Å². The standard InChI is InChI=1S/C12H21BrO5.C8H16O4.C5H10O4.C4H6Br2O.C3H7Br/c1-5-6-17-10(16)12(4,7-14)8-18-9(15)11(2,3)13;1-3-4-12-7(11)8(2,5-9)6-10;1-5(2-6,3-7)4(8)9;1-4(2,6)3(5)7;1-2-3-4/h14H,5-8H2,1-4H3;9-10H,3-6H2,1-2H3;6-7H,2-3H2,1H3,(H,8,9);1-2H3;2-3H2,1H3. The molecule has 0 aromatic rings. The molecule has 0 aliphatic carbocycles. The van der Waals surface area contributed by atoms with E-state index in [1.807, 2.05) is 13.8 Å². The molecule has 0 bridgehead atoms. The third-order valence-corrected chi connectivity index (χ3v) is 8.79. The number of aliphatic hydroxyl groups excluding tert-OH is 5. The van der Waals surface area contributed by atoms with E-state index in [0.29, 0.717) is 13.0 Å². The van der Waals surface area contributed by atoms with Crippen LogP contribution in [0, 0.1) is 16.2 Å². The summed E-state index contributed by atoms with van der Waals surface area (Å²) in [4.78, 5) is 54.9. The van der Waals surface area contributed by atoms with Crippen LogP contribution in [0.2, 0.25) is 0 Å². The summed E-state index contributed by atoms with van der Waals surface area (Å²) in [5, 5.41) is 53.1. The Bertz CT molecular complexity index is 942. The number of carbonyl (C=O) groups is 5. The van der Waals surface area contributed by atoms with Crippen LogP contribution in [-0.4, -0.2) is 126 Å². The van der Waals surface area contributed by atoms with Gasteiger partial charge >= 0.3 is 23.9 Å². The molecular formula is C32H60Br4O14. The maximum atomic E-state index is 11.7. The van der Waals surface area contributed by atoms with E-state index >= 15 is 0 Å². The van der Waals surface area contributed by atoms with Crippen LogP contribution in [0.1, 0.15) is 88.5 Å². The Labute approximate surface area is 330 Å². The summed E-state index contributed by atoms with van der Waals surface area (Å²) >= 11 is 12.4. The number of aliphatic hydroxyl groups is 5. The number of hydrogen-bond donors (Lipinski definition) is 6. The van der Waals surface area contributed by atoms with Gasteiger partial charge in [0.1, 0.15) is 27.2 Å². The van der Waals surface area contributed by atoms with Crippen molar-refractivity contribution >= 4 is 92.3 Å². The van der Waals surface area contributed by atoms with Gasteiger partial charge in [0.05, 0.1) is 50.6 Å². The van der Waals surface area contributed by atoms with Gasteiger partial charge in [-0.25, -0.2) is 0 Å². The van der Waals surface area contributed by atoms with Gasteiger partial charge < -0.3 is 44.8 Å². The van der Waals surface area contributed by atoms with E-state index in [-0.39, 0.29) is 17.9 Å². The Balaban J connectivity index is -0.000000183. The molecule has 6 N–H and O–H groups in total. The van der Waals surface area contributed by atoms with E-state index in [1.165, 1.54) is 27.2 Å². The first-order valence-corrected chi connectivity index (χ1v) is 19.1. The molecule has 0 saturated carbocycles. The zero-order chi connectivity index (χ0) is 41.0. The van der Waals surface area contributed by atoms with Crippen LogP contribution in [-0.2, 0) is 38.2 Å². The van der Waals surface area contributed by atoms with Crippen molar-refractivity contribution in [2.45, 2.75) is 97.1 Å². The van der Waals surface area contributed by atoms with Crippen molar-refractivity contribution in [2.24, 2.45) is 16.2 Å². The van der Waals surface area contributed by atoms with Gasteiger partial charge in [0.25, 0.3) is 0 Å². The van der Waals surface area contributed by atoms with Gasteiger partial charge in [-0.05, 0) is 83.7 Å². The third kappa shape index (κ3) is 28.8. The zero-order valence-electron chi connectivity index (χ0n) is 30.9. The largest absolute Gasteiger partial charge is 0.481 e. The van der Waals surface area contributed by atoms with Crippen LogP contribution >= 0.6 is 63.7 Å². The molecule has 14 nitrogen and oxygen atoms in total. The summed E-state index contributed by atoms with van der Waals surface area (Å²) in [7, 11) is 0. The molecule has 0 fully saturated rings. The molecule has 0 aliphatic heterocycles.